The number of nitrogens with zero attached hydrogens (tertiary/aromatic N) is 1. The van der Waals surface area contributed by atoms with Crippen molar-refractivity contribution in [3.05, 3.63) is 17.5 Å². The summed E-state index contributed by atoms with van der Waals surface area (Å²) in [5.74, 6) is 0.176. The van der Waals surface area contributed by atoms with E-state index in [-0.39, 0.29) is 30.7 Å². The van der Waals surface area contributed by atoms with Gasteiger partial charge in [0.1, 0.15) is 0 Å². The molecule has 0 amide bonds. The molecule has 2 rings (SSSR count). The number of H-pyrrole nitrogens is 1. The highest BCUT2D eigenvalue weighted by molar-refractivity contribution is 5.85. The SMILES string of the molecule is Cl.Cl.FC(F)(F)c1cc(C2CCNCC2)[nH]n1. The Labute approximate surface area is 109 Å². The lowest BCUT2D eigenvalue weighted by molar-refractivity contribution is -0.141. The lowest BCUT2D eigenvalue weighted by Gasteiger charge is -2.20. The second-order valence-corrected chi connectivity index (χ2v) is 3.73. The summed E-state index contributed by atoms with van der Waals surface area (Å²) in [5, 5.41) is 8.94. The van der Waals surface area contributed by atoms with Gasteiger partial charge in [0.15, 0.2) is 5.69 Å². The lowest BCUT2D eigenvalue weighted by atomic mass is 9.94. The first-order valence-corrected chi connectivity index (χ1v) is 4.90. The van der Waals surface area contributed by atoms with Crippen LogP contribution in [0.2, 0.25) is 0 Å². The molecule has 1 aromatic heterocycles. The van der Waals surface area contributed by atoms with Crippen LogP contribution in [0.4, 0.5) is 13.2 Å². The number of nitrogens with one attached hydrogen (secondary N) is 2. The fraction of sp³-hybridized carbons (Fsp3) is 0.667. The number of aromatic nitrogens is 2. The van der Waals surface area contributed by atoms with Gasteiger partial charge in [-0.25, -0.2) is 0 Å². The van der Waals surface area contributed by atoms with E-state index in [1.54, 1.807) is 0 Å². The monoisotopic (exact) mass is 291 g/mol. The molecule has 1 aliphatic heterocycles. The minimum absolute atomic E-state index is 0. The largest absolute Gasteiger partial charge is 0.435 e. The molecule has 0 atom stereocenters. The van der Waals surface area contributed by atoms with Gasteiger partial charge in [-0.3, -0.25) is 5.10 Å². The lowest BCUT2D eigenvalue weighted by Crippen LogP contribution is -2.26. The van der Waals surface area contributed by atoms with Crippen LogP contribution >= 0.6 is 24.8 Å². The van der Waals surface area contributed by atoms with E-state index in [9.17, 15) is 13.2 Å². The molecule has 3 nitrogen and oxygen atoms in total. The van der Waals surface area contributed by atoms with Crippen LogP contribution in [0.3, 0.4) is 0 Å². The Morgan fingerprint density at radius 3 is 2.24 bits per heavy atom. The molecule has 0 aliphatic carbocycles. The zero-order valence-electron chi connectivity index (χ0n) is 8.88. The highest BCUT2D eigenvalue weighted by Gasteiger charge is 2.34. The van der Waals surface area contributed by atoms with Crippen LogP contribution in [0, 0.1) is 0 Å². The van der Waals surface area contributed by atoms with Crippen molar-refractivity contribution in [1.82, 2.24) is 15.5 Å². The molecule has 1 fully saturated rings. The highest BCUT2D eigenvalue weighted by Crippen LogP contribution is 2.31. The third-order valence-electron chi connectivity index (χ3n) is 2.67. The molecule has 1 aromatic rings. The van der Waals surface area contributed by atoms with Crippen LogP contribution in [-0.4, -0.2) is 23.3 Å². The number of aromatic amines is 1. The summed E-state index contributed by atoms with van der Waals surface area (Å²) in [6, 6.07) is 1.12. The van der Waals surface area contributed by atoms with Crippen molar-refractivity contribution in [3.8, 4) is 0 Å². The first kappa shape index (κ1) is 16.5. The van der Waals surface area contributed by atoms with Gasteiger partial charge >= 0.3 is 6.18 Å². The van der Waals surface area contributed by atoms with E-state index in [1.165, 1.54) is 0 Å². The van der Waals surface area contributed by atoms with Gasteiger partial charge in [0.05, 0.1) is 0 Å². The van der Waals surface area contributed by atoms with Gasteiger partial charge in [-0.1, -0.05) is 0 Å². The van der Waals surface area contributed by atoms with E-state index >= 15 is 0 Å². The zero-order chi connectivity index (χ0) is 10.9. The molecule has 0 aromatic carbocycles. The Kier molecular flexibility index (Phi) is 6.29. The van der Waals surface area contributed by atoms with Crippen LogP contribution in [0.15, 0.2) is 6.07 Å². The molecule has 0 bridgehead atoms. The predicted octanol–water partition coefficient (Wildman–Crippen LogP) is 2.74. The zero-order valence-corrected chi connectivity index (χ0v) is 10.5. The molecular formula is C9H14Cl2F3N3. The number of hydrogen-bond acceptors (Lipinski definition) is 2. The van der Waals surface area contributed by atoms with Gasteiger partial charge in [-0.05, 0) is 32.0 Å². The fourth-order valence-electron chi connectivity index (χ4n) is 1.82. The number of hydrogen-bond donors (Lipinski definition) is 2. The maximum Gasteiger partial charge on any atom is 0.435 e. The van der Waals surface area contributed by atoms with Gasteiger partial charge in [-0.15, -0.1) is 24.8 Å². The number of piperidine rings is 1. The van der Waals surface area contributed by atoms with Gasteiger partial charge < -0.3 is 5.32 Å². The van der Waals surface area contributed by atoms with Crippen LogP contribution in [0.25, 0.3) is 0 Å². The van der Waals surface area contributed by atoms with Gasteiger partial charge in [0.25, 0.3) is 0 Å². The van der Waals surface area contributed by atoms with E-state index in [0.29, 0.717) is 5.69 Å². The Hall–Kier alpha value is -0.460. The van der Waals surface area contributed by atoms with Crippen molar-refractivity contribution < 1.29 is 13.2 Å². The molecule has 0 radical (unpaired) electrons. The first-order valence-electron chi connectivity index (χ1n) is 4.90. The van der Waals surface area contributed by atoms with E-state index in [1.807, 2.05) is 0 Å². The van der Waals surface area contributed by atoms with Gasteiger partial charge in [0.2, 0.25) is 0 Å². The smallest absolute Gasteiger partial charge is 0.317 e. The molecule has 0 spiro atoms. The third kappa shape index (κ3) is 4.04. The van der Waals surface area contributed by atoms with Crippen molar-refractivity contribution in [2.24, 2.45) is 0 Å². The summed E-state index contributed by atoms with van der Waals surface area (Å²) in [5.41, 5.74) is -0.222. The van der Waals surface area contributed by atoms with Crippen LogP contribution in [0.1, 0.15) is 30.1 Å². The molecule has 0 saturated carbocycles. The summed E-state index contributed by atoms with van der Waals surface area (Å²) in [6.07, 6.45) is -2.62. The molecule has 8 heteroatoms. The average molecular weight is 292 g/mol. The minimum atomic E-state index is -4.35. The highest BCUT2D eigenvalue weighted by atomic mass is 35.5. The first-order chi connectivity index (χ1) is 7.07. The van der Waals surface area contributed by atoms with E-state index < -0.39 is 11.9 Å². The molecule has 100 valence electrons. The second-order valence-electron chi connectivity index (χ2n) is 3.73. The standard InChI is InChI=1S/C9H12F3N3.2ClH/c10-9(11,12)8-5-7(14-15-8)6-1-3-13-4-2-6;;/h5-6,13H,1-4H2,(H,14,15);2*1H. The van der Waals surface area contributed by atoms with Crippen LogP contribution in [-0.2, 0) is 6.18 Å². The normalized spacial score (nSPS) is 17.1. The Morgan fingerprint density at radius 2 is 1.76 bits per heavy atom. The molecule has 17 heavy (non-hydrogen) atoms. The number of alkyl halides is 3. The molecule has 1 aliphatic rings. The summed E-state index contributed by atoms with van der Waals surface area (Å²) >= 11 is 0. The second kappa shape index (κ2) is 6.47. The van der Waals surface area contributed by atoms with Crippen LogP contribution < -0.4 is 5.32 Å². The van der Waals surface area contributed by atoms with Crippen molar-refractivity contribution in [1.29, 1.82) is 0 Å². The third-order valence-corrected chi connectivity index (χ3v) is 2.67. The summed E-state index contributed by atoms with van der Waals surface area (Å²) in [6.45, 7) is 1.70. The van der Waals surface area contributed by atoms with Gasteiger partial charge in [-0.2, -0.15) is 18.3 Å². The van der Waals surface area contributed by atoms with Gasteiger partial charge in [0, 0.05) is 11.6 Å². The Bertz CT molecular complexity index is 334. The van der Waals surface area contributed by atoms with Crippen LogP contribution in [0.5, 0.6) is 0 Å². The molecule has 0 unspecified atom stereocenters. The van der Waals surface area contributed by atoms with E-state index in [2.05, 4.69) is 15.5 Å². The minimum Gasteiger partial charge on any atom is -0.317 e. The Morgan fingerprint density at radius 1 is 1.18 bits per heavy atom. The quantitative estimate of drug-likeness (QED) is 0.835. The van der Waals surface area contributed by atoms with E-state index in [0.717, 1.165) is 32.0 Å². The molecular weight excluding hydrogens is 278 g/mol. The van der Waals surface area contributed by atoms with Crippen molar-refractivity contribution >= 4 is 24.8 Å². The maximum absolute atomic E-state index is 12.3. The van der Waals surface area contributed by atoms with Crippen molar-refractivity contribution in [2.45, 2.75) is 24.9 Å². The number of halogens is 5. The summed E-state index contributed by atoms with van der Waals surface area (Å²) in [7, 11) is 0. The maximum atomic E-state index is 12.3. The fourth-order valence-corrected chi connectivity index (χ4v) is 1.82. The Balaban J connectivity index is 0.00000128. The van der Waals surface area contributed by atoms with E-state index in [4.69, 9.17) is 0 Å². The molecule has 1 saturated heterocycles. The summed E-state index contributed by atoms with van der Waals surface area (Å²) in [4.78, 5) is 0. The van der Waals surface area contributed by atoms with Crippen molar-refractivity contribution in [2.75, 3.05) is 13.1 Å². The topological polar surface area (TPSA) is 40.7 Å². The summed E-state index contributed by atoms with van der Waals surface area (Å²) < 4.78 is 36.8. The molecule has 2 heterocycles. The van der Waals surface area contributed by atoms with Crippen molar-refractivity contribution in [3.63, 3.8) is 0 Å². The number of rotatable bonds is 1. The predicted molar refractivity (Wildman–Crippen MR) is 62.9 cm³/mol. The average Bonchev–Trinajstić information content (AvgIpc) is 2.67. The molecule has 2 N–H and O–H groups in total.